The van der Waals surface area contributed by atoms with Crippen LogP contribution in [0, 0.1) is 6.92 Å². The molecular formula is C32H36N4O3. The zero-order chi connectivity index (χ0) is 27.4. The first-order valence-corrected chi connectivity index (χ1v) is 13.6. The molecule has 0 radical (unpaired) electrons. The molecule has 0 aliphatic carbocycles. The number of ether oxygens (including phenoxy) is 1. The molecule has 1 aromatic heterocycles. The molecule has 1 saturated heterocycles. The number of methoxy groups -OCH3 is 1. The molecule has 2 heterocycles. The number of benzene rings is 3. The quantitative estimate of drug-likeness (QED) is 0.340. The summed E-state index contributed by atoms with van der Waals surface area (Å²) in [6.07, 6.45) is 2.51. The number of hydrogen-bond donors (Lipinski definition) is 1. The molecule has 39 heavy (non-hydrogen) atoms. The van der Waals surface area contributed by atoms with Gasteiger partial charge in [-0.2, -0.15) is 0 Å². The lowest BCUT2D eigenvalue weighted by Crippen LogP contribution is -2.52. The van der Waals surface area contributed by atoms with E-state index in [1.807, 2.05) is 30.3 Å². The van der Waals surface area contributed by atoms with Gasteiger partial charge in [0.15, 0.2) is 0 Å². The summed E-state index contributed by atoms with van der Waals surface area (Å²) in [6, 6.07) is 23.7. The van der Waals surface area contributed by atoms with Gasteiger partial charge >= 0.3 is 0 Å². The van der Waals surface area contributed by atoms with Crippen molar-refractivity contribution in [3.8, 4) is 11.4 Å². The molecule has 7 heteroatoms. The molecule has 4 aromatic rings. The molecule has 0 saturated carbocycles. The third-order valence-corrected chi connectivity index (χ3v) is 7.50. The van der Waals surface area contributed by atoms with Crippen LogP contribution >= 0.6 is 0 Å². The molecule has 1 fully saturated rings. The van der Waals surface area contributed by atoms with Gasteiger partial charge in [-0.15, -0.1) is 0 Å². The highest BCUT2D eigenvalue weighted by atomic mass is 16.5. The maximum Gasteiger partial charge on any atom is 0.262 e. The van der Waals surface area contributed by atoms with E-state index >= 15 is 0 Å². The number of nitrogens with one attached hydrogen (secondary N) is 1. The van der Waals surface area contributed by atoms with Gasteiger partial charge in [0.05, 0.1) is 12.7 Å². The van der Waals surface area contributed by atoms with Gasteiger partial charge in [0.1, 0.15) is 5.75 Å². The topological polar surface area (TPSA) is 66.8 Å². The van der Waals surface area contributed by atoms with Crippen LogP contribution in [-0.2, 0) is 0 Å². The summed E-state index contributed by atoms with van der Waals surface area (Å²) in [6.45, 7) is 8.91. The highest BCUT2D eigenvalue weighted by Crippen LogP contribution is 2.22. The third kappa shape index (κ3) is 5.83. The molecule has 1 unspecified atom stereocenters. The van der Waals surface area contributed by atoms with E-state index in [1.165, 1.54) is 15.8 Å². The van der Waals surface area contributed by atoms with Gasteiger partial charge in [0.25, 0.3) is 11.5 Å². The molecule has 202 valence electrons. The number of aromatic nitrogens is 1. The van der Waals surface area contributed by atoms with Crippen molar-refractivity contribution in [2.75, 3.05) is 44.7 Å². The molecule has 1 amide bonds. The minimum Gasteiger partial charge on any atom is -0.497 e. The third-order valence-electron chi connectivity index (χ3n) is 7.50. The molecule has 1 aliphatic heterocycles. The number of anilines is 1. The van der Waals surface area contributed by atoms with Gasteiger partial charge < -0.3 is 15.0 Å². The summed E-state index contributed by atoms with van der Waals surface area (Å²) in [4.78, 5) is 31.5. The number of piperazine rings is 1. The lowest BCUT2D eigenvalue weighted by molar-refractivity contribution is 0.0952. The fraction of sp³-hybridized carbons (Fsp3) is 0.312. The molecule has 1 atom stereocenters. The highest BCUT2D eigenvalue weighted by Gasteiger charge is 2.23. The van der Waals surface area contributed by atoms with E-state index in [-0.39, 0.29) is 11.5 Å². The lowest BCUT2D eigenvalue weighted by atomic mass is 10.1. The van der Waals surface area contributed by atoms with Crippen molar-refractivity contribution in [1.29, 1.82) is 0 Å². The van der Waals surface area contributed by atoms with E-state index in [1.54, 1.807) is 31.5 Å². The molecular weight excluding hydrogens is 488 g/mol. The van der Waals surface area contributed by atoms with E-state index in [0.29, 0.717) is 40.4 Å². The van der Waals surface area contributed by atoms with Crippen LogP contribution in [0.15, 0.2) is 83.8 Å². The molecule has 5 rings (SSSR count). The highest BCUT2D eigenvalue weighted by molar-refractivity contribution is 6.06. The summed E-state index contributed by atoms with van der Waals surface area (Å²) in [5.41, 5.74) is 3.58. The molecule has 0 bridgehead atoms. The summed E-state index contributed by atoms with van der Waals surface area (Å²) < 4.78 is 6.78. The predicted octanol–water partition coefficient (Wildman–Crippen LogP) is 4.64. The molecule has 1 N–H and O–H groups in total. The van der Waals surface area contributed by atoms with Gasteiger partial charge in [-0.1, -0.05) is 30.3 Å². The van der Waals surface area contributed by atoms with Crippen molar-refractivity contribution in [1.82, 2.24) is 14.8 Å². The number of aryl methyl sites for hydroxylation is 1. The van der Waals surface area contributed by atoms with Crippen LogP contribution in [0.1, 0.15) is 29.3 Å². The second kappa shape index (κ2) is 11.7. The van der Waals surface area contributed by atoms with Crippen LogP contribution in [0.3, 0.4) is 0 Å². The number of hydrogen-bond acceptors (Lipinski definition) is 5. The van der Waals surface area contributed by atoms with Crippen molar-refractivity contribution < 1.29 is 9.53 Å². The number of fused-ring (bicyclic) bond motifs is 1. The van der Waals surface area contributed by atoms with E-state index in [9.17, 15) is 9.59 Å². The Balaban J connectivity index is 1.22. The molecule has 0 spiro atoms. The number of carbonyl (C=O) groups excluding carboxylic acids is 1. The largest absolute Gasteiger partial charge is 0.497 e. The van der Waals surface area contributed by atoms with Crippen molar-refractivity contribution in [3.05, 3.63) is 100 Å². The molecule has 3 aromatic carbocycles. The Morgan fingerprint density at radius 1 is 0.974 bits per heavy atom. The Kier molecular flexibility index (Phi) is 7.98. The van der Waals surface area contributed by atoms with Crippen LogP contribution in [0.5, 0.6) is 5.75 Å². The first-order valence-electron chi connectivity index (χ1n) is 13.6. The predicted molar refractivity (Wildman–Crippen MR) is 157 cm³/mol. The van der Waals surface area contributed by atoms with Crippen molar-refractivity contribution in [2.45, 2.75) is 26.3 Å². The van der Waals surface area contributed by atoms with Crippen LogP contribution in [0.25, 0.3) is 16.5 Å². The van der Waals surface area contributed by atoms with Crippen LogP contribution in [0.4, 0.5) is 5.69 Å². The minimum absolute atomic E-state index is 0.161. The number of rotatable bonds is 8. The Morgan fingerprint density at radius 2 is 1.74 bits per heavy atom. The SMILES string of the molecule is COc1ccc(-n2cc(C(=O)NCCCN3CCN(c4cccc(C)c4)C(C)C3)c3ccccc3c2=O)cc1. The number of nitrogens with zero attached hydrogens (tertiary/aromatic N) is 3. The number of amides is 1. The Labute approximate surface area is 229 Å². The van der Waals surface area contributed by atoms with Crippen molar-refractivity contribution >= 4 is 22.4 Å². The fourth-order valence-electron chi connectivity index (χ4n) is 5.43. The van der Waals surface area contributed by atoms with Crippen LogP contribution in [0.2, 0.25) is 0 Å². The zero-order valence-electron chi connectivity index (χ0n) is 22.9. The normalized spacial score (nSPS) is 15.9. The van der Waals surface area contributed by atoms with Crippen LogP contribution < -0.4 is 20.5 Å². The summed E-state index contributed by atoms with van der Waals surface area (Å²) >= 11 is 0. The second-order valence-corrected chi connectivity index (χ2v) is 10.3. The maximum absolute atomic E-state index is 13.3. The smallest absolute Gasteiger partial charge is 0.262 e. The molecule has 1 aliphatic rings. The minimum atomic E-state index is -0.175. The second-order valence-electron chi connectivity index (χ2n) is 10.3. The van der Waals surface area contributed by atoms with Gasteiger partial charge in [0.2, 0.25) is 0 Å². The first-order chi connectivity index (χ1) is 18.9. The zero-order valence-corrected chi connectivity index (χ0v) is 22.9. The van der Waals surface area contributed by atoms with Crippen molar-refractivity contribution in [2.24, 2.45) is 0 Å². The Morgan fingerprint density at radius 3 is 2.46 bits per heavy atom. The standard InChI is InChI=1S/C32H36N4O3/c1-23-8-6-9-26(20-23)35-19-18-34(21-24(35)2)17-7-16-33-31(37)30-22-36(25-12-14-27(39-3)15-13-25)32(38)29-11-5-4-10-28(29)30/h4-6,8-15,20,22,24H,7,16-19,21H2,1-3H3,(H,33,37). The molecule has 7 nitrogen and oxygen atoms in total. The van der Waals surface area contributed by atoms with Crippen LogP contribution in [-0.4, -0.2) is 61.2 Å². The number of pyridine rings is 1. The van der Waals surface area contributed by atoms with Gasteiger partial charge in [-0.25, -0.2) is 0 Å². The number of carbonyl (C=O) groups is 1. The van der Waals surface area contributed by atoms with Gasteiger partial charge in [-0.05, 0) is 74.8 Å². The van der Waals surface area contributed by atoms with E-state index in [0.717, 1.165) is 32.6 Å². The maximum atomic E-state index is 13.3. The Hall–Kier alpha value is -4.10. The average Bonchev–Trinajstić information content (AvgIpc) is 2.96. The van der Waals surface area contributed by atoms with Gasteiger partial charge in [-0.3, -0.25) is 19.1 Å². The summed E-state index contributed by atoms with van der Waals surface area (Å²) in [7, 11) is 1.60. The fourth-order valence-corrected chi connectivity index (χ4v) is 5.43. The monoisotopic (exact) mass is 524 g/mol. The Bertz CT molecular complexity index is 1510. The van der Waals surface area contributed by atoms with E-state index < -0.39 is 0 Å². The summed E-state index contributed by atoms with van der Waals surface area (Å²) in [5.74, 6) is 0.530. The lowest BCUT2D eigenvalue weighted by Gasteiger charge is -2.41. The van der Waals surface area contributed by atoms with Gasteiger partial charge in [0, 0.05) is 60.6 Å². The average molecular weight is 525 g/mol. The van der Waals surface area contributed by atoms with E-state index in [4.69, 9.17) is 4.74 Å². The summed E-state index contributed by atoms with van der Waals surface area (Å²) in [5, 5.41) is 4.26. The van der Waals surface area contributed by atoms with Crippen molar-refractivity contribution in [3.63, 3.8) is 0 Å². The van der Waals surface area contributed by atoms with E-state index in [2.05, 4.69) is 53.2 Å². The first kappa shape index (κ1) is 26.5.